The maximum absolute atomic E-state index is 10.6. The molecule has 1 heteroatoms. The Bertz CT molecular complexity index is 331. The summed E-state index contributed by atoms with van der Waals surface area (Å²) in [6.45, 7) is 4.13. The molecule has 0 aliphatic heterocycles. The molecule has 1 aromatic rings. The summed E-state index contributed by atoms with van der Waals surface area (Å²) in [4.78, 5) is 0. The van der Waals surface area contributed by atoms with Crippen molar-refractivity contribution in [3.63, 3.8) is 0 Å². The highest BCUT2D eigenvalue weighted by Crippen LogP contribution is 2.40. The van der Waals surface area contributed by atoms with Crippen LogP contribution in [0.5, 0.6) is 0 Å². The zero-order valence-corrected chi connectivity index (χ0v) is 10.4. The lowest BCUT2D eigenvalue weighted by Gasteiger charge is -2.30. The van der Waals surface area contributed by atoms with Gasteiger partial charge in [0.2, 0.25) is 0 Å². The fourth-order valence-corrected chi connectivity index (χ4v) is 2.80. The molecular formula is C15H22O. The fourth-order valence-electron chi connectivity index (χ4n) is 2.80. The van der Waals surface area contributed by atoms with Crippen LogP contribution in [-0.2, 0) is 12.0 Å². The van der Waals surface area contributed by atoms with E-state index in [0.29, 0.717) is 5.92 Å². The third kappa shape index (κ3) is 2.15. The first kappa shape index (κ1) is 11.7. The second kappa shape index (κ2) is 4.58. The lowest BCUT2D eigenvalue weighted by molar-refractivity contribution is -0.00333. The first-order valence-corrected chi connectivity index (χ1v) is 6.46. The summed E-state index contributed by atoms with van der Waals surface area (Å²) in [5.74, 6) is 0.444. The normalized spacial score (nSPS) is 20.9. The van der Waals surface area contributed by atoms with E-state index >= 15 is 0 Å². The van der Waals surface area contributed by atoms with E-state index in [2.05, 4.69) is 31.2 Å². The summed E-state index contributed by atoms with van der Waals surface area (Å²) in [5.41, 5.74) is 1.78. The Balaban J connectivity index is 2.20. The van der Waals surface area contributed by atoms with Crippen molar-refractivity contribution in [3.8, 4) is 0 Å². The summed E-state index contributed by atoms with van der Waals surface area (Å²) < 4.78 is 0. The molecule has 1 N–H and O–H groups in total. The second-order valence-corrected chi connectivity index (χ2v) is 5.18. The van der Waals surface area contributed by atoms with E-state index in [9.17, 15) is 5.11 Å². The Morgan fingerprint density at radius 1 is 1.19 bits per heavy atom. The second-order valence-electron chi connectivity index (χ2n) is 5.18. The Labute approximate surface area is 98.5 Å². The van der Waals surface area contributed by atoms with Gasteiger partial charge >= 0.3 is 0 Å². The average Bonchev–Trinajstić information content (AvgIpc) is 2.83. The van der Waals surface area contributed by atoms with E-state index in [1.165, 1.54) is 31.2 Å². The largest absolute Gasteiger partial charge is 0.385 e. The van der Waals surface area contributed by atoms with Crippen molar-refractivity contribution >= 4 is 0 Å². The molecule has 1 aliphatic rings. The van der Waals surface area contributed by atoms with Gasteiger partial charge in [0, 0.05) is 0 Å². The molecule has 0 heterocycles. The van der Waals surface area contributed by atoms with Crippen LogP contribution in [0.4, 0.5) is 0 Å². The molecule has 2 rings (SSSR count). The van der Waals surface area contributed by atoms with Gasteiger partial charge in [0.15, 0.2) is 0 Å². The number of aryl methyl sites for hydroxylation is 1. The van der Waals surface area contributed by atoms with Crippen molar-refractivity contribution < 1.29 is 5.11 Å². The van der Waals surface area contributed by atoms with Crippen LogP contribution in [0.15, 0.2) is 24.3 Å². The molecule has 16 heavy (non-hydrogen) atoms. The number of benzene rings is 1. The van der Waals surface area contributed by atoms with E-state index in [-0.39, 0.29) is 0 Å². The predicted octanol–water partition coefficient (Wildman–Crippen LogP) is 3.65. The number of aliphatic hydroxyl groups is 1. The minimum Gasteiger partial charge on any atom is -0.385 e. The van der Waals surface area contributed by atoms with E-state index < -0.39 is 5.60 Å². The topological polar surface area (TPSA) is 20.2 Å². The molecule has 1 aliphatic carbocycles. The van der Waals surface area contributed by atoms with Crippen LogP contribution in [-0.4, -0.2) is 5.11 Å². The molecule has 1 aromatic carbocycles. The fraction of sp³-hybridized carbons (Fsp3) is 0.600. The molecule has 0 radical (unpaired) electrons. The van der Waals surface area contributed by atoms with Crippen molar-refractivity contribution in [2.24, 2.45) is 5.92 Å². The maximum Gasteiger partial charge on any atom is 0.0896 e. The van der Waals surface area contributed by atoms with Crippen LogP contribution in [0.1, 0.15) is 50.7 Å². The summed E-state index contributed by atoms with van der Waals surface area (Å²) in [6, 6.07) is 8.46. The summed E-state index contributed by atoms with van der Waals surface area (Å²) >= 11 is 0. The quantitative estimate of drug-likeness (QED) is 0.821. The van der Waals surface area contributed by atoms with Gasteiger partial charge in [-0.05, 0) is 43.2 Å². The molecule has 0 bridgehead atoms. The van der Waals surface area contributed by atoms with Crippen LogP contribution in [0.3, 0.4) is 0 Å². The lowest BCUT2D eigenvalue weighted by Crippen LogP contribution is -2.29. The monoisotopic (exact) mass is 218 g/mol. The Kier molecular flexibility index (Phi) is 3.34. The summed E-state index contributed by atoms with van der Waals surface area (Å²) in [6.07, 6.45) is 5.94. The van der Waals surface area contributed by atoms with Gasteiger partial charge in [0.05, 0.1) is 5.60 Å². The molecule has 1 atom stereocenters. The highest BCUT2D eigenvalue weighted by molar-refractivity contribution is 5.27. The smallest absolute Gasteiger partial charge is 0.0896 e. The van der Waals surface area contributed by atoms with Gasteiger partial charge in [-0.25, -0.2) is 0 Å². The predicted molar refractivity (Wildman–Crippen MR) is 67.3 cm³/mol. The van der Waals surface area contributed by atoms with Crippen molar-refractivity contribution in [1.82, 2.24) is 0 Å². The van der Waals surface area contributed by atoms with Crippen molar-refractivity contribution in [1.29, 1.82) is 0 Å². The Hall–Kier alpha value is -0.820. The van der Waals surface area contributed by atoms with E-state index in [1.54, 1.807) is 0 Å². The highest BCUT2D eigenvalue weighted by Gasteiger charge is 2.35. The molecule has 1 nitrogen and oxygen atoms in total. The molecule has 0 saturated heterocycles. The Morgan fingerprint density at radius 3 is 2.25 bits per heavy atom. The molecular weight excluding hydrogens is 196 g/mol. The van der Waals surface area contributed by atoms with E-state index in [1.807, 2.05) is 6.92 Å². The molecule has 0 aromatic heterocycles. The van der Waals surface area contributed by atoms with Gasteiger partial charge in [-0.1, -0.05) is 44.0 Å². The highest BCUT2D eigenvalue weighted by atomic mass is 16.3. The van der Waals surface area contributed by atoms with Crippen LogP contribution in [0, 0.1) is 5.92 Å². The molecule has 0 amide bonds. The molecule has 1 saturated carbocycles. The molecule has 1 unspecified atom stereocenters. The van der Waals surface area contributed by atoms with E-state index in [0.717, 1.165) is 12.0 Å². The standard InChI is InChI=1S/C15H22O/c1-3-12-8-10-14(11-9-12)15(2,16)13-6-4-5-7-13/h8-11,13,16H,3-7H2,1-2H3. The van der Waals surface area contributed by atoms with Crippen molar-refractivity contribution in [2.75, 3.05) is 0 Å². The third-order valence-electron chi connectivity index (χ3n) is 4.10. The molecule has 1 fully saturated rings. The average molecular weight is 218 g/mol. The third-order valence-corrected chi connectivity index (χ3v) is 4.10. The Morgan fingerprint density at radius 2 is 1.75 bits per heavy atom. The van der Waals surface area contributed by atoms with Gasteiger partial charge in [-0.3, -0.25) is 0 Å². The minimum atomic E-state index is -0.636. The zero-order chi connectivity index (χ0) is 11.6. The summed E-state index contributed by atoms with van der Waals surface area (Å²) in [5, 5.41) is 10.6. The summed E-state index contributed by atoms with van der Waals surface area (Å²) in [7, 11) is 0. The van der Waals surface area contributed by atoms with Gasteiger partial charge < -0.3 is 5.11 Å². The molecule has 0 spiro atoms. The van der Waals surface area contributed by atoms with Crippen LogP contribution >= 0.6 is 0 Å². The van der Waals surface area contributed by atoms with Gasteiger partial charge in [0.25, 0.3) is 0 Å². The van der Waals surface area contributed by atoms with Gasteiger partial charge in [0.1, 0.15) is 0 Å². The first-order valence-electron chi connectivity index (χ1n) is 6.46. The van der Waals surface area contributed by atoms with Gasteiger partial charge in [-0.2, -0.15) is 0 Å². The molecule has 88 valence electrons. The zero-order valence-electron chi connectivity index (χ0n) is 10.4. The van der Waals surface area contributed by atoms with E-state index in [4.69, 9.17) is 0 Å². The number of hydrogen-bond donors (Lipinski definition) is 1. The number of hydrogen-bond acceptors (Lipinski definition) is 1. The van der Waals surface area contributed by atoms with Crippen molar-refractivity contribution in [3.05, 3.63) is 35.4 Å². The van der Waals surface area contributed by atoms with Crippen LogP contribution in [0.2, 0.25) is 0 Å². The minimum absolute atomic E-state index is 0.444. The van der Waals surface area contributed by atoms with Crippen LogP contribution in [0.25, 0.3) is 0 Å². The van der Waals surface area contributed by atoms with Crippen molar-refractivity contribution in [2.45, 2.75) is 51.6 Å². The van der Waals surface area contributed by atoms with Crippen LogP contribution < -0.4 is 0 Å². The lowest BCUT2D eigenvalue weighted by atomic mass is 9.81. The maximum atomic E-state index is 10.6. The van der Waals surface area contributed by atoms with Gasteiger partial charge in [-0.15, -0.1) is 0 Å². The number of rotatable bonds is 3. The first-order chi connectivity index (χ1) is 7.64. The SMILES string of the molecule is CCc1ccc(C(C)(O)C2CCCC2)cc1.